The zero-order valence-corrected chi connectivity index (χ0v) is 11.9. The van der Waals surface area contributed by atoms with Gasteiger partial charge in [0, 0.05) is 11.7 Å². The van der Waals surface area contributed by atoms with E-state index in [2.05, 4.69) is 10.4 Å². The van der Waals surface area contributed by atoms with Gasteiger partial charge in [0.05, 0.1) is 5.69 Å². The number of rotatable bonds is 4. The lowest BCUT2D eigenvalue weighted by Gasteiger charge is -2.09. The highest BCUT2D eigenvalue weighted by atomic mass is 19.1. The fraction of sp³-hybridized carbons (Fsp3) is 0.333. The van der Waals surface area contributed by atoms with Gasteiger partial charge in [0.2, 0.25) is 0 Å². The number of hydrogen-bond acceptors (Lipinski definition) is 2. The largest absolute Gasteiger partial charge is 0.348 e. The van der Waals surface area contributed by atoms with Crippen molar-refractivity contribution in [3.63, 3.8) is 0 Å². The van der Waals surface area contributed by atoms with Crippen LogP contribution in [-0.4, -0.2) is 21.7 Å². The van der Waals surface area contributed by atoms with E-state index < -0.39 is 0 Å². The smallest absolute Gasteiger partial charge is 0.272 e. The van der Waals surface area contributed by atoms with Crippen molar-refractivity contribution in [3.05, 3.63) is 47.5 Å². The minimum Gasteiger partial charge on any atom is -0.348 e. The van der Waals surface area contributed by atoms with Crippen molar-refractivity contribution < 1.29 is 9.18 Å². The summed E-state index contributed by atoms with van der Waals surface area (Å²) in [6, 6.07) is 7.84. The van der Waals surface area contributed by atoms with Crippen LogP contribution in [0.15, 0.2) is 30.3 Å². The van der Waals surface area contributed by atoms with Crippen LogP contribution in [0.2, 0.25) is 0 Å². The monoisotopic (exact) mass is 275 g/mol. The number of nitrogens with zero attached hydrogens (tertiary/aromatic N) is 2. The Hall–Kier alpha value is -2.17. The number of benzene rings is 1. The maximum atomic E-state index is 12.9. The second-order valence-electron chi connectivity index (χ2n) is 4.84. The van der Waals surface area contributed by atoms with Gasteiger partial charge < -0.3 is 5.32 Å². The van der Waals surface area contributed by atoms with Crippen molar-refractivity contribution in [1.82, 2.24) is 15.1 Å². The van der Waals surface area contributed by atoms with Crippen molar-refractivity contribution >= 4 is 5.91 Å². The van der Waals surface area contributed by atoms with Crippen molar-refractivity contribution in [3.8, 4) is 5.69 Å². The maximum absolute atomic E-state index is 12.9. The van der Waals surface area contributed by atoms with Gasteiger partial charge in [-0.15, -0.1) is 0 Å². The molecule has 0 saturated carbocycles. The quantitative estimate of drug-likeness (QED) is 0.932. The predicted molar refractivity (Wildman–Crippen MR) is 75.5 cm³/mol. The molecule has 1 atom stereocenters. The zero-order valence-electron chi connectivity index (χ0n) is 11.9. The Bertz CT molecular complexity index is 604. The lowest BCUT2D eigenvalue weighted by Crippen LogP contribution is -2.32. The average Bonchev–Trinajstić information content (AvgIpc) is 2.81. The molecule has 0 radical (unpaired) electrons. The lowest BCUT2D eigenvalue weighted by atomic mass is 10.2. The van der Waals surface area contributed by atoms with Gasteiger partial charge in [-0.2, -0.15) is 5.10 Å². The van der Waals surface area contributed by atoms with Crippen molar-refractivity contribution in [2.45, 2.75) is 33.2 Å². The molecule has 1 aromatic carbocycles. The van der Waals surface area contributed by atoms with Gasteiger partial charge in [-0.05, 0) is 50.6 Å². The Morgan fingerprint density at radius 1 is 1.40 bits per heavy atom. The van der Waals surface area contributed by atoms with Gasteiger partial charge in [0.25, 0.3) is 5.91 Å². The highest BCUT2D eigenvalue weighted by Crippen LogP contribution is 2.13. The number of aryl methyl sites for hydroxylation is 1. The lowest BCUT2D eigenvalue weighted by molar-refractivity contribution is 0.0934. The van der Waals surface area contributed by atoms with Gasteiger partial charge >= 0.3 is 0 Å². The van der Waals surface area contributed by atoms with Crippen LogP contribution in [0.4, 0.5) is 4.39 Å². The Balaban J connectivity index is 2.25. The van der Waals surface area contributed by atoms with Crippen LogP contribution in [0.1, 0.15) is 36.5 Å². The molecule has 5 heteroatoms. The van der Waals surface area contributed by atoms with Gasteiger partial charge in [-0.3, -0.25) is 4.79 Å². The van der Waals surface area contributed by atoms with Crippen LogP contribution in [0.5, 0.6) is 0 Å². The summed E-state index contributed by atoms with van der Waals surface area (Å²) in [6.45, 7) is 5.81. The maximum Gasteiger partial charge on any atom is 0.272 e. The number of aromatic nitrogens is 2. The van der Waals surface area contributed by atoms with Gasteiger partial charge in [0.15, 0.2) is 5.69 Å². The number of hydrogen-bond donors (Lipinski definition) is 1. The first-order chi connectivity index (χ1) is 9.51. The number of nitrogens with one attached hydrogen (secondary N) is 1. The summed E-state index contributed by atoms with van der Waals surface area (Å²) in [5, 5.41) is 7.15. The molecule has 1 aromatic heterocycles. The second kappa shape index (κ2) is 5.86. The summed E-state index contributed by atoms with van der Waals surface area (Å²) in [5.74, 6) is -0.489. The number of halogens is 1. The van der Waals surface area contributed by atoms with Crippen LogP contribution in [-0.2, 0) is 0 Å². The standard InChI is InChI=1S/C15H18FN3O/c1-4-10(2)17-15(20)14-9-11(3)19(18-14)13-7-5-12(16)6-8-13/h5-10H,4H2,1-3H3,(H,17,20). The number of amides is 1. The zero-order chi connectivity index (χ0) is 14.7. The fourth-order valence-electron chi connectivity index (χ4n) is 1.83. The Kier molecular flexibility index (Phi) is 4.17. The molecule has 1 unspecified atom stereocenters. The molecule has 106 valence electrons. The van der Waals surface area contributed by atoms with E-state index >= 15 is 0 Å². The normalized spacial score (nSPS) is 12.2. The molecule has 0 aliphatic rings. The molecular weight excluding hydrogens is 257 g/mol. The first-order valence-corrected chi connectivity index (χ1v) is 6.64. The SMILES string of the molecule is CCC(C)NC(=O)c1cc(C)n(-c2ccc(F)cc2)n1. The Morgan fingerprint density at radius 2 is 2.05 bits per heavy atom. The summed E-state index contributed by atoms with van der Waals surface area (Å²) in [7, 11) is 0. The predicted octanol–water partition coefficient (Wildman–Crippen LogP) is 2.85. The molecular formula is C15H18FN3O. The fourth-order valence-corrected chi connectivity index (χ4v) is 1.83. The molecule has 0 saturated heterocycles. The number of carbonyl (C=O) groups excluding carboxylic acids is 1. The molecule has 0 aliphatic carbocycles. The van der Waals surface area contributed by atoms with Gasteiger partial charge in [-0.1, -0.05) is 6.92 Å². The highest BCUT2D eigenvalue weighted by Gasteiger charge is 2.14. The van der Waals surface area contributed by atoms with Crippen molar-refractivity contribution in [2.24, 2.45) is 0 Å². The molecule has 1 amide bonds. The second-order valence-corrected chi connectivity index (χ2v) is 4.84. The molecule has 0 aliphatic heterocycles. The van der Waals surface area contributed by atoms with Gasteiger partial charge in [0.1, 0.15) is 5.82 Å². The molecule has 1 heterocycles. The van der Waals surface area contributed by atoms with E-state index in [0.717, 1.165) is 17.8 Å². The minimum absolute atomic E-state index is 0.110. The molecule has 1 N–H and O–H groups in total. The molecule has 2 aromatic rings. The van der Waals surface area contributed by atoms with Crippen molar-refractivity contribution in [2.75, 3.05) is 0 Å². The summed E-state index contributed by atoms with van der Waals surface area (Å²) in [4.78, 5) is 12.0. The van der Waals surface area contributed by atoms with E-state index in [1.165, 1.54) is 12.1 Å². The summed E-state index contributed by atoms with van der Waals surface area (Å²) >= 11 is 0. The average molecular weight is 275 g/mol. The first-order valence-electron chi connectivity index (χ1n) is 6.64. The Morgan fingerprint density at radius 3 is 2.65 bits per heavy atom. The third-order valence-corrected chi connectivity index (χ3v) is 3.18. The molecule has 4 nitrogen and oxygen atoms in total. The number of carbonyl (C=O) groups is 1. The molecule has 20 heavy (non-hydrogen) atoms. The highest BCUT2D eigenvalue weighted by molar-refractivity contribution is 5.92. The summed E-state index contributed by atoms with van der Waals surface area (Å²) < 4.78 is 14.6. The van der Waals surface area contributed by atoms with Crippen molar-refractivity contribution in [1.29, 1.82) is 0 Å². The van der Waals surface area contributed by atoms with E-state index in [-0.39, 0.29) is 17.8 Å². The minimum atomic E-state index is -0.298. The topological polar surface area (TPSA) is 46.9 Å². The molecule has 0 fully saturated rings. The van der Waals surface area contributed by atoms with E-state index in [1.54, 1.807) is 22.9 Å². The molecule has 0 spiro atoms. The first kappa shape index (κ1) is 14.2. The Labute approximate surface area is 117 Å². The van der Waals surface area contributed by atoms with Crippen LogP contribution in [0, 0.1) is 12.7 Å². The molecule has 2 rings (SSSR count). The molecule has 0 bridgehead atoms. The van der Waals surface area contributed by atoms with Gasteiger partial charge in [-0.25, -0.2) is 9.07 Å². The van der Waals surface area contributed by atoms with E-state index in [4.69, 9.17) is 0 Å². The van der Waals surface area contributed by atoms with E-state index in [1.807, 2.05) is 20.8 Å². The third kappa shape index (κ3) is 3.04. The van der Waals surface area contributed by atoms with E-state index in [9.17, 15) is 9.18 Å². The van der Waals surface area contributed by atoms with Crippen LogP contribution < -0.4 is 5.32 Å². The van der Waals surface area contributed by atoms with E-state index in [0.29, 0.717) is 5.69 Å². The van der Waals surface area contributed by atoms with Crippen LogP contribution >= 0.6 is 0 Å². The third-order valence-electron chi connectivity index (χ3n) is 3.18. The summed E-state index contributed by atoms with van der Waals surface area (Å²) in [5.41, 5.74) is 1.92. The van der Waals surface area contributed by atoms with Crippen LogP contribution in [0.25, 0.3) is 5.69 Å². The summed E-state index contributed by atoms with van der Waals surface area (Å²) in [6.07, 6.45) is 0.864. The van der Waals surface area contributed by atoms with Crippen LogP contribution in [0.3, 0.4) is 0 Å².